The van der Waals surface area contributed by atoms with E-state index in [9.17, 15) is 9.90 Å². The molecule has 4 nitrogen and oxygen atoms in total. The molecule has 0 amide bonds. The highest BCUT2D eigenvalue weighted by Gasteiger charge is 2.33. The van der Waals surface area contributed by atoms with E-state index in [0.717, 1.165) is 12.8 Å². The summed E-state index contributed by atoms with van der Waals surface area (Å²) in [6.45, 7) is 8.21. The molecular formula is C19H32O4. The van der Waals surface area contributed by atoms with Crippen LogP contribution in [0.5, 0.6) is 0 Å². The summed E-state index contributed by atoms with van der Waals surface area (Å²) < 4.78 is 11.1. The van der Waals surface area contributed by atoms with E-state index in [2.05, 4.69) is 19.9 Å². The highest BCUT2D eigenvalue weighted by atomic mass is 16.5. The molecule has 132 valence electrons. The lowest BCUT2D eigenvalue weighted by atomic mass is 9.83. The SMILES string of the molecule is C/C=C/C[C@H](C)[C@@H](OC)[C@@H](C)[C@@H](O)C[C@H]1OC(=O)C=C[C@H]1CC. The van der Waals surface area contributed by atoms with Crippen LogP contribution >= 0.6 is 0 Å². The smallest absolute Gasteiger partial charge is 0.330 e. The number of esters is 1. The van der Waals surface area contributed by atoms with Crippen molar-refractivity contribution in [1.29, 1.82) is 0 Å². The molecule has 0 bridgehead atoms. The van der Waals surface area contributed by atoms with Gasteiger partial charge in [0.15, 0.2) is 0 Å². The van der Waals surface area contributed by atoms with Crippen LogP contribution in [-0.2, 0) is 14.3 Å². The molecule has 0 aromatic heterocycles. The van der Waals surface area contributed by atoms with Crippen LogP contribution in [0.4, 0.5) is 0 Å². The zero-order chi connectivity index (χ0) is 17.4. The summed E-state index contributed by atoms with van der Waals surface area (Å²) >= 11 is 0. The number of cyclic esters (lactones) is 1. The van der Waals surface area contributed by atoms with Crippen LogP contribution in [0.15, 0.2) is 24.3 Å². The number of ether oxygens (including phenoxy) is 2. The van der Waals surface area contributed by atoms with E-state index >= 15 is 0 Å². The number of carbonyl (C=O) groups excluding carboxylic acids is 1. The number of allylic oxidation sites excluding steroid dienone is 2. The molecule has 0 fully saturated rings. The Bertz CT molecular complexity index is 416. The van der Waals surface area contributed by atoms with Gasteiger partial charge in [-0.05, 0) is 25.7 Å². The van der Waals surface area contributed by atoms with Crippen molar-refractivity contribution in [2.45, 2.75) is 65.3 Å². The third kappa shape index (κ3) is 5.78. The fourth-order valence-electron chi connectivity index (χ4n) is 3.35. The van der Waals surface area contributed by atoms with E-state index in [1.807, 2.05) is 26.0 Å². The minimum Gasteiger partial charge on any atom is -0.458 e. The van der Waals surface area contributed by atoms with Gasteiger partial charge in [-0.3, -0.25) is 0 Å². The molecule has 0 aromatic carbocycles. The topological polar surface area (TPSA) is 55.8 Å². The van der Waals surface area contributed by atoms with E-state index in [1.54, 1.807) is 7.11 Å². The number of rotatable bonds is 9. The molecule has 0 spiro atoms. The number of aliphatic hydroxyl groups is 1. The first-order valence-corrected chi connectivity index (χ1v) is 8.65. The minimum atomic E-state index is -0.564. The van der Waals surface area contributed by atoms with E-state index in [-0.39, 0.29) is 30.0 Å². The third-order valence-corrected chi connectivity index (χ3v) is 4.87. The molecule has 1 N–H and O–H groups in total. The summed E-state index contributed by atoms with van der Waals surface area (Å²) in [6, 6.07) is 0. The Labute approximate surface area is 140 Å². The zero-order valence-corrected chi connectivity index (χ0v) is 15.1. The van der Waals surface area contributed by atoms with Crippen molar-refractivity contribution in [2.75, 3.05) is 7.11 Å². The lowest BCUT2D eigenvalue weighted by Gasteiger charge is -2.34. The molecule has 0 saturated heterocycles. The Kier molecular flexibility index (Phi) is 8.56. The van der Waals surface area contributed by atoms with Gasteiger partial charge in [0.1, 0.15) is 6.10 Å². The second-order valence-corrected chi connectivity index (χ2v) is 6.55. The number of hydrogen-bond acceptors (Lipinski definition) is 4. The zero-order valence-electron chi connectivity index (χ0n) is 15.1. The minimum absolute atomic E-state index is 0.0256. The van der Waals surface area contributed by atoms with Crippen molar-refractivity contribution in [3.63, 3.8) is 0 Å². The summed E-state index contributed by atoms with van der Waals surface area (Å²) in [6.07, 6.45) is 8.95. The van der Waals surface area contributed by atoms with Crippen molar-refractivity contribution in [3.8, 4) is 0 Å². The molecular weight excluding hydrogens is 292 g/mol. The van der Waals surface area contributed by atoms with Crippen LogP contribution in [0.3, 0.4) is 0 Å². The van der Waals surface area contributed by atoms with E-state index in [4.69, 9.17) is 9.47 Å². The van der Waals surface area contributed by atoms with Crippen LogP contribution in [0.25, 0.3) is 0 Å². The van der Waals surface area contributed by atoms with Crippen molar-refractivity contribution in [3.05, 3.63) is 24.3 Å². The Balaban J connectivity index is 2.68. The maximum absolute atomic E-state index is 11.5. The molecule has 1 heterocycles. The summed E-state index contributed by atoms with van der Waals surface area (Å²) in [5, 5.41) is 10.6. The van der Waals surface area contributed by atoms with E-state index in [0.29, 0.717) is 12.3 Å². The van der Waals surface area contributed by atoms with Gasteiger partial charge in [0.05, 0.1) is 12.2 Å². The maximum atomic E-state index is 11.5. The normalized spacial score (nSPS) is 26.8. The molecule has 0 aromatic rings. The molecule has 0 aliphatic carbocycles. The van der Waals surface area contributed by atoms with Crippen molar-refractivity contribution >= 4 is 5.97 Å². The van der Waals surface area contributed by atoms with Crippen LogP contribution in [0, 0.1) is 17.8 Å². The standard InChI is InChI=1S/C19H32O4/c1-6-8-9-13(3)19(22-5)14(4)16(20)12-17-15(7-2)10-11-18(21)23-17/h6,8,10-11,13-17,19-20H,7,9,12H2,1-5H3/b8-6+/t13-,14-,15+,16-,17+,19+/m0/s1. The summed E-state index contributed by atoms with van der Waals surface area (Å²) in [5.41, 5.74) is 0. The van der Waals surface area contributed by atoms with Crippen LogP contribution in [0.1, 0.15) is 47.0 Å². The van der Waals surface area contributed by atoms with Gasteiger partial charge in [0.2, 0.25) is 0 Å². The molecule has 6 atom stereocenters. The average Bonchev–Trinajstić information content (AvgIpc) is 2.53. The Morgan fingerprint density at radius 3 is 2.70 bits per heavy atom. The fraction of sp³-hybridized carbons (Fsp3) is 0.737. The predicted molar refractivity (Wildman–Crippen MR) is 92.0 cm³/mol. The Morgan fingerprint density at radius 1 is 1.43 bits per heavy atom. The van der Waals surface area contributed by atoms with Gasteiger partial charge in [0.25, 0.3) is 0 Å². The Morgan fingerprint density at radius 2 is 2.13 bits per heavy atom. The highest BCUT2D eigenvalue weighted by molar-refractivity contribution is 5.82. The third-order valence-electron chi connectivity index (χ3n) is 4.87. The molecule has 1 aliphatic heterocycles. The van der Waals surface area contributed by atoms with Gasteiger partial charge < -0.3 is 14.6 Å². The average molecular weight is 324 g/mol. The maximum Gasteiger partial charge on any atom is 0.330 e. The van der Waals surface area contributed by atoms with Gasteiger partial charge in [-0.25, -0.2) is 4.79 Å². The first kappa shape index (κ1) is 19.9. The second-order valence-electron chi connectivity index (χ2n) is 6.55. The largest absolute Gasteiger partial charge is 0.458 e. The highest BCUT2D eigenvalue weighted by Crippen LogP contribution is 2.29. The van der Waals surface area contributed by atoms with Crippen LogP contribution in [0.2, 0.25) is 0 Å². The summed E-state index contributed by atoms with van der Waals surface area (Å²) in [7, 11) is 1.69. The van der Waals surface area contributed by atoms with Gasteiger partial charge in [0, 0.05) is 31.4 Å². The number of aliphatic hydroxyl groups excluding tert-OH is 1. The summed E-state index contributed by atoms with van der Waals surface area (Å²) in [4.78, 5) is 11.5. The molecule has 4 heteroatoms. The molecule has 0 saturated carbocycles. The monoisotopic (exact) mass is 324 g/mol. The molecule has 23 heavy (non-hydrogen) atoms. The summed E-state index contributed by atoms with van der Waals surface area (Å²) in [5.74, 6) is 0.152. The number of carbonyl (C=O) groups is 1. The lowest BCUT2D eigenvalue weighted by molar-refractivity contribution is -0.149. The fourth-order valence-corrected chi connectivity index (χ4v) is 3.35. The predicted octanol–water partition coefficient (Wildman–Crippen LogP) is 3.50. The van der Waals surface area contributed by atoms with Gasteiger partial charge in [-0.15, -0.1) is 0 Å². The quantitative estimate of drug-likeness (QED) is 0.521. The van der Waals surface area contributed by atoms with Crippen LogP contribution < -0.4 is 0 Å². The van der Waals surface area contributed by atoms with Crippen molar-refractivity contribution in [2.24, 2.45) is 17.8 Å². The number of methoxy groups -OCH3 is 1. The first-order chi connectivity index (χ1) is 10.9. The second kappa shape index (κ2) is 9.89. The molecule has 1 aliphatic rings. The van der Waals surface area contributed by atoms with E-state index < -0.39 is 6.10 Å². The molecule has 0 unspecified atom stereocenters. The van der Waals surface area contributed by atoms with Crippen LogP contribution in [-0.4, -0.2) is 36.5 Å². The van der Waals surface area contributed by atoms with Gasteiger partial charge in [-0.1, -0.05) is 39.0 Å². The van der Waals surface area contributed by atoms with Crippen molar-refractivity contribution in [1.82, 2.24) is 0 Å². The number of hydrogen-bond donors (Lipinski definition) is 1. The van der Waals surface area contributed by atoms with Gasteiger partial charge in [-0.2, -0.15) is 0 Å². The van der Waals surface area contributed by atoms with Gasteiger partial charge >= 0.3 is 5.97 Å². The first-order valence-electron chi connectivity index (χ1n) is 8.65. The Hall–Kier alpha value is -1.13. The van der Waals surface area contributed by atoms with Crippen molar-refractivity contribution < 1.29 is 19.4 Å². The van der Waals surface area contributed by atoms with E-state index in [1.165, 1.54) is 6.08 Å². The molecule has 0 radical (unpaired) electrons. The molecule has 1 rings (SSSR count). The lowest BCUT2D eigenvalue weighted by Crippen LogP contribution is -2.40.